The predicted octanol–water partition coefficient (Wildman–Crippen LogP) is -2.17. The fourth-order valence-electron chi connectivity index (χ4n) is 2.99. The van der Waals surface area contributed by atoms with Gasteiger partial charge in [-0.25, -0.2) is 5.10 Å². The maximum atomic E-state index is 12.0. The number of carbonyl (C=O) groups excluding carboxylic acids is 1. The highest BCUT2D eigenvalue weighted by atomic mass is 16.7. The Morgan fingerprint density at radius 1 is 1.41 bits per heavy atom. The second kappa shape index (κ2) is 7.48. The second-order valence-electron chi connectivity index (χ2n) is 6.18. The quantitative estimate of drug-likeness (QED) is 0.322. The standard InChI is InChI=1S/C16H20N4O7/c1-6(22)18-11-13(24)12(23)9(5-21)26-16(11)27-15-7-3-2-4-8(17)10(7)14(25)19-20-15/h2-4,9,11-13,16,21,23-24H,5,17H2,1H3,(H,18,22)(H,19,25)/t9-,11+,12+,13-,16+/m1/s1. The van der Waals surface area contributed by atoms with E-state index in [2.05, 4.69) is 15.5 Å². The van der Waals surface area contributed by atoms with Crippen LogP contribution in [0.3, 0.4) is 0 Å². The number of nitrogen functional groups attached to an aromatic ring is 1. The molecular formula is C16H20N4O7. The number of aromatic nitrogens is 2. The van der Waals surface area contributed by atoms with E-state index in [0.29, 0.717) is 5.39 Å². The highest BCUT2D eigenvalue weighted by Crippen LogP contribution is 2.28. The Balaban J connectivity index is 2.00. The molecule has 1 aliphatic rings. The van der Waals surface area contributed by atoms with Gasteiger partial charge in [-0.15, -0.1) is 5.10 Å². The Morgan fingerprint density at radius 2 is 2.15 bits per heavy atom. The highest BCUT2D eigenvalue weighted by Gasteiger charge is 2.46. The summed E-state index contributed by atoms with van der Waals surface area (Å²) < 4.78 is 11.2. The van der Waals surface area contributed by atoms with Gasteiger partial charge in [0.25, 0.3) is 5.56 Å². The Morgan fingerprint density at radius 3 is 2.81 bits per heavy atom. The predicted molar refractivity (Wildman–Crippen MR) is 92.8 cm³/mol. The SMILES string of the molecule is CC(=O)N[C@@H]1[C@H](Oc2n[nH]c(=O)c3c(N)cccc23)O[C@H](CO)[C@H](O)[C@@H]1O. The van der Waals surface area contributed by atoms with Crippen LogP contribution in [0.15, 0.2) is 23.0 Å². The Hall–Kier alpha value is -2.73. The molecule has 1 aliphatic heterocycles. The van der Waals surface area contributed by atoms with Crippen LogP contribution in [0.1, 0.15) is 6.92 Å². The Kier molecular flexibility index (Phi) is 5.28. The average Bonchev–Trinajstić information content (AvgIpc) is 2.63. The maximum Gasteiger partial charge on any atom is 0.274 e. The van der Waals surface area contributed by atoms with Crippen LogP contribution < -0.4 is 21.3 Å². The molecule has 11 nitrogen and oxygen atoms in total. The third-order valence-corrected chi connectivity index (χ3v) is 4.29. The van der Waals surface area contributed by atoms with E-state index in [-0.39, 0.29) is 17.0 Å². The number of rotatable bonds is 4. The van der Waals surface area contributed by atoms with E-state index >= 15 is 0 Å². The van der Waals surface area contributed by atoms with Crippen molar-refractivity contribution in [2.45, 2.75) is 37.6 Å². The summed E-state index contributed by atoms with van der Waals surface area (Å²) in [6, 6.07) is 3.56. The molecule has 1 aromatic carbocycles. The smallest absolute Gasteiger partial charge is 0.274 e. The summed E-state index contributed by atoms with van der Waals surface area (Å²) >= 11 is 0. The van der Waals surface area contributed by atoms with Gasteiger partial charge in [0.2, 0.25) is 18.1 Å². The lowest BCUT2D eigenvalue weighted by molar-refractivity contribution is -0.245. The number of fused-ring (bicyclic) bond motifs is 1. The third kappa shape index (κ3) is 3.57. The minimum absolute atomic E-state index is 0.0578. The van der Waals surface area contributed by atoms with Gasteiger partial charge in [0, 0.05) is 12.6 Å². The van der Waals surface area contributed by atoms with Gasteiger partial charge in [0.15, 0.2) is 0 Å². The van der Waals surface area contributed by atoms with Crippen molar-refractivity contribution in [2.24, 2.45) is 0 Å². The van der Waals surface area contributed by atoms with Crippen LogP contribution in [-0.2, 0) is 9.53 Å². The molecule has 7 N–H and O–H groups in total. The van der Waals surface area contributed by atoms with Gasteiger partial charge >= 0.3 is 0 Å². The number of nitrogens with zero attached hydrogens (tertiary/aromatic N) is 1. The fourth-order valence-corrected chi connectivity index (χ4v) is 2.99. The second-order valence-corrected chi connectivity index (χ2v) is 6.18. The lowest BCUT2D eigenvalue weighted by Crippen LogP contribution is -2.65. The van der Waals surface area contributed by atoms with Gasteiger partial charge < -0.3 is 35.8 Å². The number of ether oxygens (including phenoxy) is 2. The van der Waals surface area contributed by atoms with Crippen LogP contribution in [0.5, 0.6) is 5.88 Å². The van der Waals surface area contributed by atoms with Crippen LogP contribution in [0, 0.1) is 0 Å². The number of nitrogens with two attached hydrogens (primary N) is 1. The molecule has 1 amide bonds. The van der Waals surface area contributed by atoms with E-state index in [9.17, 15) is 24.9 Å². The summed E-state index contributed by atoms with van der Waals surface area (Å²) in [5.74, 6) is -0.549. The molecule has 11 heteroatoms. The van der Waals surface area contributed by atoms with Crippen molar-refractivity contribution in [3.63, 3.8) is 0 Å². The molecule has 5 atom stereocenters. The van der Waals surface area contributed by atoms with Crippen molar-refractivity contribution in [3.05, 3.63) is 28.6 Å². The molecule has 1 fully saturated rings. The molecule has 0 radical (unpaired) electrons. The number of aliphatic hydroxyl groups is 3. The van der Waals surface area contributed by atoms with Gasteiger partial charge in [-0.2, -0.15) is 0 Å². The first-order chi connectivity index (χ1) is 12.8. The lowest BCUT2D eigenvalue weighted by atomic mass is 9.97. The Bertz CT molecular complexity index is 902. The summed E-state index contributed by atoms with van der Waals surface area (Å²) in [5.41, 5.74) is 5.54. The van der Waals surface area contributed by atoms with Crippen LogP contribution in [0.25, 0.3) is 10.8 Å². The van der Waals surface area contributed by atoms with Gasteiger partial charge in [-0.05, 0) is 12.1 Å². The van der Waals surface area contributed by atoms with Crippen LogP contribution in [0.4, 0.5) is 5.69 Å². The minimum atomic E-state index is -1.47. The zero-order chi connectivity index (χ0) is 19.7. The van der Waals surface area contributed by atoms with Crippen molar-refractivity contribution in [3.8, 4) is 5.88 Å². The molecule has 0 unspecified atom stereocenters. The summed E-state index contributed by atoms with van der Waals surface area (Å²) in [5, 5.41) is 38.7. The van der Waals surface area contributed by atoms with Crippen LogP contribution in [0.2, 0.25) is 0 Å². The topological polar surface area (TPSA) is 180 Å². The van der Waals surface area contributed by atoms with Crippen molar-refractivity contribution in [1.82, 2.24) is 15.5 Å². The molecule has 27 heavy (non-hydrogen) atoms. The fraction of sp³-hybridized carbons (Fsp3) is 0.438. The van der Waals surface area contributed by atoms with Crippen molar-refractivity contribution in [1.29, 1.82) is 0 Å². The van der Waals surface area contributed by atoms with E-state index in [0.717, 1.165) is 0 Å². The molecule has 2 heterocycles. The molecule has 1 aromatic heterocycles. The Labute approximate surface area is 152 Å². The number of amides is 1. The van der Waals surface area contributed by atoms with Crippen molar-refractivity contribution in [2.75, 3.05) is 12.3 Å². The number of nitrogens with one attached hydrogen (secondary N) is 2. The number of H-pyrrole nitrogens is 1. The number of aromatic amines is 1. The van der Waals surface area contributed by atoms with Crippen LogP contribution in [-0.4, -0.2) is 68.7 Å². The van der Waals surface area contributed by atoms with Gasteiger partial charge in [0.1, 0.15) is 24.4 Å². The maximum absolute atomic E-state index is 12.0. The van der Waals surface area contributed by atoms with Gasteiger partial charge in [-0.1, -0.05) is 6.07 Å². The molecule has 0 aliphatic carbocycles. The summed E-state index contributed by atoms with van der Waals surface area (Å²) in [4.78, 5) is 23.5. The molecule has 0 bridgehead atoms. The summed E-state index contributed by atoms with van der Waals surface area (Å²) in [7, 11) is 0. The molecular weight excluding hydrogens is 360 g/mol. The number of anilines is 1. The first-order valence-corrected chi connectivity index (χ1v) is 8.16. The zero-order valence-electron chi connectivity index (χ0n) is 14.3. The number of hydrogen-bond acceptors (Lipinski definition) is 9. The first kappa shape index (κ1) is 19.0. The molecule has 0 saturated carbocycles. The van der Waals surface area contributed by atoms with E-state index in [1.807, 2.05) is 0 Å². The largest absolute Gasteiger partial charge is 0.444 e. The van der Waals surface area contributed by atoms with E-state index in [1.165, 1.54) is 6.92 Å². The van der Waals surface area contributed by atoms with E-state index in [4.69, 9.17) is 15.2 Å². The number of carbonyl (C=O) groups is 1. The normalized spacial score (nSPS) is 28.1. The summed E-state index contributed by atoms with van der Waals surface area (Å²) in [6.07, 6.45) is -5.35. The van der Waals surface area contributed by atoms with Crippen molar-refractivity contribution < 1.29 is 29.6 Å². The monoisotopic (exact) mass is 380 g/mol. The van der Waals surface area contributed by atoms with E-state index < -0.39 is 48.7 Å². The lowest BCUT2D eigenvalue weighted by Gasteiger charge is -2.41. The number of benzene rings is 1. The number of hydrogen-bond donors (Lipinski definition) is 6. The summed E-state index contributed by atoms with van der Waals surface area (Å²) in [6.45, 7) is 0.639. The molecule has 3 rings (SSSR count). The van der Waals surface area contributed by atoms with Crippen LogP contribution >= 0.6 is 0 Å². The zero-order valence-corrected chi connectivity index (χ0v) is 14.3. The average molecular weight is 380 g/mol. The number of aliphatic hydroxyl groups excluding tert-OH is 3. The third-order valence-electron chi connectivity index (χ3n) is 4.29. The van der Waals surface area contributed by atoms with E-state index in [1.54, 1.807) is 18.2 Å². The van der Waals surface area contributed by atoms with Gasteiger partial charge in [-0.3, -0.25) is 9.59 Å². The molecule has 0 spiro atoms. The molecule has 146 valence electrons. The highest BCUT2D eigenvalue weighted by molar-refractivity contribution is 5.94. The van der Waals surface area contributed by atoms with Crippen molar-refractivity contribution >= 4 is 22.4 Å². The first-order valence-electron chi connectivity index (χ1n) is 8.16. The molecule has 2 aromatic rings. The molecule has 1 saturated heterocycles. The van der Waals surface area contributed by atoms with Gasteiger partial charge in [0.05, 0.1) is 17.4 Å². The minimum Gasteiger partial charge on any atom is -0.444 e.